The molecule has 7 nitrogen and oxygen atoms in total. The molecule has 2 amide bonds. The van der Waals surface area contributed by atoms with Gasteiger partial charge in [0.05, 0.1) is 25.0 Å². The molecule has 3 aliphatic heterocycles. The standard InChI is InChI=1S/C25H23N3O4S2/c1-15-8-9-19-17(12-15)24(21(29)27(19)3)25(18(14-26(24)2)20-7-5-11-32-20)22(30)28(23(33)34-25)13-16-6-4-10-31-16/h4-12,18H,13-14H2,1-3H3/t18-,24-,25+/m0/s1. The van der Waals surface area contributed by atoms with Crippen LogP contribution in [-0.4, -0.2) is 51.3 Å². The highest BCUT2D eigenvalue weighted by Gasteiger charge is 2.79. The lowest BCUT2D eigenvalue weighted by Crippen LogP contribution is -2.62. The molecule has 0 radical (unpaired) electrons. The summed E-state index contributed by atoms with van der Waals surface area (Å²) in [5.74, 6) is 0.598. The minimum Gasteiger partial charge on any atom is -0.469 e. The summed E-state index contributed by atoms with van der Waals surface area (Å²) in [6.45, 7) is 2.69. The molecule has 5 heterocycles. The van der Waals surface area contributed by atoms with Gasteiger partial charge in [-0.2, -0.15) is 0 Å². The van der Waals surface area contributed by atoms with Crippen molar-refractivity contribution in [3.05, 3.63) is 77.6 Å². The fourth-order valence-corrected chi connectivity index (χ4v) is 8.05. The van der Waals surface area contributed by atoms with Crippen LogP contribution in [0.25, 0.3) is 0 Å². The summed E-state index contributed by atoms with van der Waals surface area (Å²) in [6, 6.07) is 13.3. The van der Waals surface area contributed by atoms with Gasteiger partial charge in [0.25, 0.3) is 5.91 Å². The number of rotatable bonds is 3. The molecule has 6 rings (SSSR count). The van der Waals surface area contributed by atoms with Gasteiger partial charge in [-0.1, -0.05) is 41.7 Å². The van der Waals surface area contributed by atoms with Crippen LogP contribution in [0, 0.1) is 6.92 Å². The average molecular weight is 494 g/mol. The second-order valence-corrected chi connectivity index (χ2v) is 11.0. The van der Waals surface area contributed by atoms with Gasteiger partial charge in [-0.15, -0.1) is 0 Å². The fraction of sp³-hybridized carbons (Fsp3) is 0.320. The Morgan fingerprint density at radius 3 is 2.56 bits per heavy atom. The van der Waals surface area contributed by atoms with Crippen molar-refractivity contribution in [2.45, 2.75) is 29.7 Å². The molecule has 2 spiro atoms. The van der Waals surface area contributed by atoms with E-state index in [0.29, 0.717) is 22.4 Å². The van der Waals surface area contributed by atoms with Gasteiger partial charge in [0, 0.05) is 24.8 Å². The average Bonchev–Trinajstić information content (AvgIpc) is 3.61. The summed E-state index contributed by atoms with van der Waals surface area (Å²) in [6.07, 6.45) is 3.19. The van der Waals surface area contributed by atoms with Crippen LogP contribution in [-0.2, 0) is 21.7 Å². The minimum absolute atomic E-state index is 0.131. The van der Waals surface area contributed by atoms with E-state index in [1.54, 1.807) is 35.4 Å². The van der Waals surface area contributed by atoms with E-state index < -0.39 is 10.3 Å². The number of thioether (sulfide) groups is 1. The molecule has 174 valence electrons. The zero-order chi connectivity index (χ0) is 23.8. The molecule has 9 heteroatoms. The highest BCUT2D eigenvalue weighted by molar-refractivity contribution is 8.25. The molecule has 0 unspecified atom stereocenters. The molecule has 0 saturated carbocycles. The number of anilines is 1. The van der Waals surface area contributed by atoms with Crippen molar-refractivity contribution in [2.24, 2.45) is 0 Å². The van der Waals surface area contributed by atoms with E-state index in [0.717, 1.165) is 16.8 Å². The van der Waals surface area contributed by atoms with Crippen molar-refractivity contribution in [1.82, 2.24) is 9.80 Å². The van der Waals surface area contributed by atoms with E-state index in [9.17, 15) is 9.59 Å². The molecular formula is C25H23N3O4S2. The third kappa shape index (κ3) is 2.49. The maximum absolute atomic E-state index is 14.6. The quantitative estimate of drug-likeness (QED) is 0.513. The lowest BCUT2D eigenvalue weighted by Gasteiger charge is -2.41. The van der Waals surface area contributed by atoms with Gasteiger partial charge in [0.1, 0.15) is 20.6 Å². The van der Waals surface area contributed by atoms with Gasteiger partial charge in [-0.25, -0.2) is 0 Å². The molecule has 0 N–H and O–H groups in total. The molecule has 0 aliphatic carbocycles. The molecule has 2 aromatic heterocycles. The Labute approximate surface area is 206 Å². The molecule has 1 aromatic carbocycles. The molecule has 2 saturated heterocycles. The first kappa shape index (κ1) is 21.6. The number of carbonyl (C=O) groups excluding carboxylic acids is 2. The second kappa shape index (κ2) is 7.31. The van der Waals surface area contributed by atoms with Crippen molar-refractivity contribution in [1.29, 1.82) is 0 Å². The van der Waals surface area contributed by atoms with Gasteiger partial charge in [-0.05, 0) is 44.3 Å². The Morgan fingerprint density at radius 1 is 1.09 bits per heavy atom. The van der Waals surface area contributed by atoms with Crippen LogP contribution in [0.5, 0.6) is 0 Å². The van der Waals surface area contributed by atoms with Crippen LogP contribution in [0.15, 0.2) is 63.8 Å². The van der Waals surface area contributed by atoms with Crippen LogP contribution in [0.1, 0.15) is 28.6 Å². The van der Waals surface area contributed by atoms with E-state index in [1.807, 2.05) is 55.3 Å². The van der Waals surface area contributed by atoms with E-state index in [2.05, 4.69) is 0 Å². The second-order valence-electron chi connectivity index (χ2n) is 9.12. The number of likely N-dealkylation sites (N-methyl/N-ethyl adjacent to an activating group) is 2. The van der Waals surface area contributed by atoms with Crippen LogP contribution in [0.3, 0.4) is 0 Å². The Kier molecular flexibility index (Phi) is 4.65. The number of carbonyl (C=O) groups is 2. The van der Waals surface area contributed by atoms with Crippen molar-refractivity contribution < 1.29 is 18.4 Å². The fourth-order valence-electron chi connectivity index (χ4n) is 5.95. The molecule has 2 fully saturated rings. The first-order chi connectivity index (χ1) is 16.3. The highest BCUT2D eigenvalue weighted by Crippen LogP contribution is 2.66. The first-order valence-corrected chi connectivity index (χ1v) is 12.3. The largest absolute Gasteiger partial charge is 0.469 e. The maximum Gasteiger partial charge on any atom is 0.254 e. The number of likely N-dealkylation sites (tertiary alicyclic amines) is 1. The van der Waals surface area contributed by atoms with E-state index in [4.69, 9.17) is 21.1 Å². The molecule has 3 aromatic rings. The number of amides is 2. The monoisotopic (exact) mass is 493 g/mol. The summed E-state index contributed by atoms with van der Waals surface area (Å²) in [5, 5.41) is 0. The number of thiocarbonyl (C=S) groups is 1. The molecule has 34 heavy (non-hydrogen) atoms. The normalized spacial score (nSPS) is 28.8. The van der Waals surface area contributed by atoms with Gasteiger partial charge >= 0.3 is 0 Å². The van der Waals surface area contributed by atoms with Crippen molar-refractivity contribution in [3.8, 4) is 0 Å². The van der Waals surface area contributed by atoms with Crippen molar-refractivity contribution in [2.75, 3.05) is 25.5 Å². The smallest absolute Gasteiger partial charge is 0.254 e. The summed E-state index contributed by atoms with van der Waals surface area (Å²) in [4.78, 5) is 34.1. The van der Waals surface area contributed by atoms with Gasteiger partial charge in [0.2, 0.25) is 5.91 Å². The molecular weight excluding hydrogens is 470 g/mol. The van der Waals surface area contributed by atoms with Crippen LogP contribution in [0.2, 0.25) is 0 Å². The molecule has 0 bridgehead atoms. The number of nitrogens with zero attached hydrogens (tertiary/aromatic N) is 3. The van der Waals surface area contributed by atoms with Gasteiger partial charge in [-0.3, -0.25) is 19.4 Å². The molecule has 3 aliphatic rings. The molecule has 3 atom stereocenters. The lowest BCUT2D eigenvalue weighted by atomic mass is 9.73. The third-order valence-electron chi connectivity index (χ3n) is 7.39. The lowest BCUT2D eigenvalue weighted by molar-refractivity contribution is -0.139. The minimum atomic E-state index is -1.23. The van der Waals surface area contributed by atoms with E-state index in [-0.39, 0.29) is 24.3 Å². The number of fused-ring (bicyclic) bond motifs is 3. The van der Waals surface area contributed by atoms with Gasteiger partial charge < -0.3 is 13.7 Å². The van der Waals surface area contributed by atoms with E-state index in [1.165, 1.54) is 11.8 Å². The van der Waals surface area contributed by atoms with Crippen LogP contribution < -0.4 is 4.90 Å². The highest BCUT2D eigenvalue weighted by atomic mass is 32.2. The zero-order valence-corrected chi connectivity index (χ0v) is 20.6. The topological polar surface area (TPSA) is 70.1 Å². The van der Waals surface area contributed by atoms with Crippen molar-refractivity contribution >= 4 is 45.8 Å². The number of hydrogen-bond acceptors (Lipinski definition) is 7. The summed E-state index contributed by atoms with van der Waals surface area (Å²) < 4.78 is 10.6. The summed E-state index contributed by atoms with van der Waals surface area (Å²) >= 11 is 7.10. The Morgan fingerprint density at radius 2 is 1.85 bits per heavy atom. The van der Waals surface area contributed by atoms with Crippen LogP contribution >= 0.6 is 24.0 Å². The van der Waals surface area contributed by atoms with Crippen molar-refractivity contribution in [3.63, 3.8) is 0 Å². The number of aryl methyl sites for hydroxylation is 1. The predicted octanol–water partition coefficient (Wildman–Crippen LogP) is 3.88. The zero-order valence-electron chi connectivity index (χ0n) is 19.0. The predicted molar refractivity (Wildman–Crippen MR) is 133 cm³/mol. The Bertz CT molecular complexity index is 1320. The first-order valence-electron chi connectivity index (χ1n) is 11.0. The van der Waals surface area contributed by atoms with Gasteiger partial charge in [0.15, 0.2) is 5.54 Å². The summed E-state index contributed by atoms with van der Waals surface area (Å²) in [7, 11) is 3.69. The SMILES string of the molecule is Cc1ccc2c(c1)[C@@]1(C(=O)N2C)N(C)C[C@@H](c2ccco2)[C@]12SC(=S)N(Cc1ccco1)C2=O. The Hall–Kier alpha value is -2.88. The van der Waals surface area contributed by atoms with Crippen LogP contribution in [0.4, 0.5) is 5.69 Å². The number of furan rings is 2. The van der Waals surface area contributed by atoms with E-state index >= 15 is 0 Å². The number of benzene rings is 1. The Balaban J connectivity index is 1.61. The summed E-state index contributed by atoms with van der Waals surface area (Å²) in [5.41, 5.74) is 1.44. The maximum atomic E-state index is 14.6. The number of hydrogen-bond donors (Lipinski definition) is 0. The third-order valence-corrected chi connectivity index (χ3v) is 9.33.